The van der Waals surface area contributed by atoms with Crippen molar-refractivity contribution < 1.29 is 12.8 Å². The number of hydrogen-bond acceptors (Lipinski definition) is 2. The summed E-state index contributed by atoms with van der Waals surface area (Å²) >= 11 is 3.38. The van der Waals surface area contributed by atoms with Gasteiger partial charge in [0, 0.05) is 17.9 Å². The van der Waals surface area contributed by atoms with Crippen LogP contribution in [0.25, 0.3) is 0 Å². The maximum atomic E-state index is 13.4. The number of alkyl halides is 1. The van der Waals surface area contributed by atoms with Gasteiger partial charge in [-0.05, 0) is 43.9 Å². The molecule has 1 heterocycles. The number of nitrogens with zero attached hydrogens (tertiary/aromatic N) is 1. The van der Waals surface area contributed by atoms with Crippen LogP contribution < -0.4 is 0 Å². The Morgan fingerprint density at radius 3 is 2.85 bits per heavy atom. The van der Waals surface area contributed by atoms with Gasteiger partial charge in [-0.25, -0.2) is 12.8 Å². The van der Waals surface area contributed by atoms with Gasteiger partial charge in [0.2, 0.25) is 10.0 Å². The number of benzene rings is 1. The molecule has 1 aromatic rings. The summed E-state index contributed by atoms with van der Waals surface area (Å²) in [7, 11) is -3.61. The molecule has 0 amide bonds. The van der Waals surface area contributed by atoms with E-state index in [0.29, 0.717) is 12.1 Å². The van der Waals surface area contributed by atoms with Crippen LogP contribution in [0.15, 0.2) is 23.1 Å². The summed E-state index contributed by atoms with van der Waals surface area (Å²) in [5.41, 5.74) is 0.592. The predicted octanol–water partition coefficient (Wildman–Crippen LogP) is 3.46. The molecule has 1 aromatic carbocycles. The van der Waals surface area contributed by atoms with Crippen molar-refractivity contribution in [3.8, 4) is 0 Å². The molecule has 6 heteroatoms. The van der Waals surface area contributed by atoms with E-state index in [-0.39, 0.29) is 10.9 Å². The number of piperidine rings is 1. The molecule has 0 bridgehead atoms. The normalized spacial score (nSPS) is 21.1. The maximum absolute atomic E-state index is 13.4. The van der Waals surface area contributed by atoms with Crippen LogP contribution in [-0.4, -0.2) is 30.6 Å². The van der Waals surface area contributed by atoms with E-state index in [0.717, 1.165) is 37.1 Å². The van der Waals surface area contributed by atoms with Gasteiger partial charge in [0.15, 0.2) is 0 Å². The molecule has 20 heavy (non-hydrogen) atoms. The SMILES string of the molecule is Cc1ccc(F)cc1S(=O)(=O)N1CCCCC1CCBr. The topological polar surface area (TPSA) is 37.4 Å². The Bertz CT molecular complexity index is 575. The molecule has 1 aliphatic rings. The molecule has 0 aromatic heterocycles. The zero-order valence-electron chi connectivity index (χ0n) is 11.5. The van der Waals surface area contributed by atoms with Crippen molar-refractivity contribution in [2.24, 2.45) is 0 Å². The summed E-state index contributed by atoms with van der Waals surface area (Å²) in [4.78, 5) is 0.0963. The highest BCUT2D eigenvalue weighted by molar-refractivity contribution is 9.09. The third kappa shape index (κ3) is 3.23. The molecule has 0 N–H and O–H groups in total. The van der Waals surface area contributed by atoms with Crippen LogP contribution in [0.3, 0.4) is 0 Å². The Labute approximate surface area is 128 Å². The third-order valence-electron chi connectivity index (χ3n) is 3.75. The predicted molar refractivity (Wildman–Crippen MR) is 81.1 cm³/mol. The third-order valence-corrected chi connectivity index (χ3v) is 6.30. The quantitative estimate of drug-likeness (QED) is 0.768. The van der Waals surface area contributed by atoms with Crippen LogP contribution in [0.1, 0.15) is 31.2 Å². The number of rotatable bonds is 4. The molecule has 2 rings (SSSR count). The molecule has 0 saturated carbocycles. The van der Waals surface area contributed by atoms with Gasteiger partial charge in [0.25, 0.3) is 0 Å². The Morgan fingerprint density at radius 1 is 1.40 bits per heavy atom. The minimum Gasteiger partial charge on any atom is -0.207 e. The molecule has 1 unspecified atom stereocenters. The van der Waals surface area contributed by atoms with Crippen molar-refractivity contribution in [3.63, 3.8) is 0 Å². The summed E-state index contributed by atoms with van der Waals surface area (Å²) in [5.74, 6) is -0.511. The lowest BCUT2D eigenvalue weighted by atomic mass is 10.0. The highest BCUT2D eigenvalue weighted by Crippen LogP contribution is 2.29. The maximum Gasteiger partial charge on any atom is 0.243 e. The van der Waals surface area contributed by atoms with E-state index >= 15 is 0 Å². The standard InChI is InChI=1S/C14H19BrFNO2S/c1-11-5-6-12(16)10-14(11)20(18,19)17-9-3-2-4-13(17)7-8-15/h5-6,10,13H,2-4,7-9H2,1H3. The van der Waals surface area contributed by atoms with Crippen molar-refractivity contribution >= 4 is 26.0 Å². The number of halogens is 2. The van der Waals surface area contributed by atoms with Crippen LogP contribution in [0, 0.1) is 12.7 Å². The van der Waals surface area contributed by atoms with Gasteiger partial charge in [-0.3, -0.25) is 0 Å². The van der Waals surface area contributed by atoms with E-state index in [2.05, 4.69) is 15.9 Å². The van der Waals surface area contributed by atoms with Crippen molar-refractivity contribution in [1.29, 1.82) is 0 Å². The first-order valence-corrected chi connectivity index (χ1v) is 9.37. The average molecular weight is 364 g/mol. The first-order chi connectivity index (χ1) is 9.46. The first-order valence-electron chi connectivity index (χ1n) is 6.81. The van der Waals surface area contributed by atoms with Gasteiger partial charge < -0.3 is 0 Å². The Balaban J connectivity index is 2.39. The lowest BCUT2D eigenvalue weighted by Crippen LogP contribution is -2.44. The highest BCUT2D eigenvalue weighted by atomic mass is 79.9. The molecular weight excluding hydrogens is 345 g/mol. The summed E-state index contributed by atoms with van der Waals surface area (Å²) < 4.78 is 40.5. The van der Waals surface area contributed by atoms with E-state index in [1.165, 1.54) is 12.1 Å². The van der Waals surface area contributed by atoms with E-state index in [1.54, 1.807) is 11.2 Å². The van der Waals surface area contributed by atoms with Gasteiger partial charge in [0.05, 0.1) is 4.90 Å². The van der Waals surface area contributed by atoms with E-state index < -0.39 is 15.8 Å². The fraction of sp³-hybridized carbons (Fsp3) is 0.571. The van der Waals surface area contributed by atoms with Gasteiger partial charge in [-0.15, -0.1) is 0 Å². The molecule has 3 nitrogen and oxygen atoms in total. The van der Waals surface area contributed by atoms with E-state index in [1.807, 2.05) is 0 Å². The molecule has 1 fully saturated rings. The minimum absolute atomic E-state index is 0.00999. The van der Waals surface area contributed by atoms with Crippen molar-refractivity contribution in [1.82, 2.24) is 4.31 Å². The molecule has 112 valence electrons. The van der Waals surface area contributed by atoms with Crippen LogP contribution >= 0.6 is 15.9 Å². The molecule has 0 spiro atoms. The zero-order chi connectivity index (χ0) is 14.8. The first kappa shape index (κ1) is 15.9. The van der Waals surface area contributed by atoms with Crippen molar-refractivity contribution in [2.45, 2.75) is 43.5 Å². The second-order valence-electron chi connectivity index (χ2n) is 5.15. The second-order valence-corrected chi connectivity index (χ2v) is 7.80. The lowest BCUT2D eigenvalue weighted by molar-refractivity contribution is 0.248. The van der Waals surface area contributed by atoms with E-state index in [9.17, 15) is 12.8 Å². The summed E-state index contributed by atoms with van der Waals surface area (Å²) in [6.07, 6.45) is 3.57. The number of sulfonamides is 1. The van der Waals surface area contributed by atoms with Gasteiger partial charge in [-0.2, -0.15) is 4.31 Å². The van der Waals surface area contributed by atoms with Crippen molar-refractivity contribution in [2.75, 3.05) is 11.9 Å². The van der Waals surface area contributed by atoms with Crippen LogP contribution in [-0.2, 0) is 10.0 Å². The molecular formula is C14H19BrFNO2S. The summed E-state index contributed by atoms with van der Waals surface area (Å²) in [5, 5.41) is 0.770. The smallest absolute Gasteiger partial charge is 0.207 e. The largest absolute Gasteiger partial charge is 0.243 e. The number of aryl methyl sites for hydroxylation is 1. The fourth-order valence-corrected chi connectivity index (χ4v) is 5.17. The Hall–Kier alpha value is -0.460. The van der Waals surface area contributed by atoms with Crippen LogP contribution in [0.2, 0.25) is 0 Å². The molecule has 1 aliphatic heterocycles. The van der Waals surface area contributed by atoms with E-state index in [4.69, 9.17) is 0 Å². The summed E-state index contributed by atoms with van der Waals surface area (Å²) in [6, 6.07) is 3.95. The highest BCUT2D eigenvalue weighted by Gasteiger charge is 2.33. The zero-order valence-corrected chi connectivity index (χ0v) is 13.9. The average Bonchev–Trinajstić information content (AvgIpc) is 2.42. The molecule has 1 saturated heterocycles. The Kier molecular flexibility index (Phi) is 5.20. The molecule has 1 atom stereocenters. The number of hydrogen-bond donors (Lipinski definition) is 0. The van der Waals surface area contributed by atoms with Gasteiger partial charge in [-0.1, -0.05) is 28.4 Å². The lowest BCUT2D eigenvalue weighted by Gasteiger charge is -2.34. The van der Waals surface area contributed by atoms with Crippen LogP contribution in [0.4, 0.5) is 4.39 Å². The van der Waals surface area contributed by atoms with Gasteiger partial charge >= 0.3 is 0 Å². The molecule has 0 radical (unpaired) electrons. The fourth-order valence-electron chi connectivity index (χ4n) is 2.68. The van der Waals surface area contributed by atoms with Gasteiger partial charge in [0.1, 0.15) is 5.82 Å². The summed E-state index contributed by atoms with van der Waals surface area (Å²) in [6.45, 7) is 2.23. The minimum atomic E-state index is -3.61. The van der Waals surface area contributed by atoms with Crippen LogP contribution in [0.5, 0.6) is 0 Å². The van der Waals surface area contributed by atoms with Crippen molar-refractivity contribution in [3.05, 3.63) is 29.6 Å². The second kappa shape index (κ2) is 6.54. The Morgan fingerprint density at radius 2 is 2.15 bits per heavy atom. The molecule has 0 aliphatic carbocycles. The monoisotopic (exact) mass is 363 g/mol.